The van der Waals surface area contributed by atoms with Crippen molar-refractivity contribution in [2.75, 3.05) is 7.11 Å². The number of hydrogen-bond acceptors (Lipinski definition) is 6. The van der Waals surface area contributed by atoms with Crippen LogP contribution in [-0.4, -0.2) is 22.2 Å². The van der Waals surface area contributed by atoms with E-state index in [1.807, 2.05) is 0 Å². The molecule has 0 aliphatic carbocycles. The molecule has 94 valence electrons. The molecular formula is C9H10Br2N2O2S2. The molecule has 1 N–H and O–H groups in total. The van der Waals surface area contributed by atoms with E-state index < -0.39 is 0 Å². The van der Waals surface area contributed by atoms with Crippen LogP contribution in [0.3, 0.4) is 0 Å². The molecule has 2 aromatic heterocycles. The molecule has 0 aliphatic rings. The van der Waals surface area contributed by atoms with Gasteiger partial charge in [0.05, 0.1) is 43.2 Å². The quantitative estimate of drug-likeness (QED) is 0.855. The molecule has 0 atom stereocenters. The lowest BCUT2D eigenvalue weighted by Crippen LogP contribution is -1.86. The van der Waals surface area contributed by atoms with Gasteiger partial charge in [0.25, 0.3) is 0 Å². The van der Waals surface area contributed by atoms with Crippen molar-refractivity contribution in [1.82, 2.24) is 9.97 Å². The highest BCUT2D eigenvalue weighted by Gasteiger charge is 1.99. The van der Waals surface area contributed by atoms with Crippen LogP contribution in [-0.2, 0) is 18.0 Å². The third-order valence-corrected chi connectivity index (χ3v) is 4.96. The maximum atomic E-state index is 8.52. The van der Waals surface area contributed by atoms with Crippen LogP contribution in [0.25, 0.3) is 0 Å². The van der Waals surface area contributed by atoms with Crippen molar-refractivity contribution < 1.29 is 9.84 Å². The van der Waals surface area contributed by atoms with E-state index in [0.29, 0.717) is 6.61 Å². The average Bonchev–Trinajstić information content (AvgIpc) is 2.90. The maximum absolute atomic E-state index is 8.52. The number of nitrogens with zero attached hydrogens (tertiary/aromatic N) is 2. The Morgan fingerprint density at radius 2 is 1.71 bits per heavy atom. The van der Waals surface area contributed by atoms with Crippen molar-refractivity contribution in [3.63, 3.8) is 0 Å². The van der Waals surface area contributed by atoms with Gasteiger partial charge in [-0.25, -0.2) is 9.97 Å². The summed E-state index contributed by atoms with van der Waals surface area (Å²) in [4.78, 5) is 7.91. The van der Waals surface area contributed by atoms with E-state index in [9.17, 15) is 0 Å². The van der Waals surface area contributed by atoms with Gasteiger partial charge in [-0.2, -0.15) is 0 Å². The van der Waals surface area contributed by atoms with Gasteiger partial charge in [0.1, 0.15) is 0 Å². The van der Waals surface area contributed by atoms with Gasteiger partial charge < -0.3 is 9.84 Å². The largest absolute Gasteiger partial charge is 0.390 e. The summed E-state index contributed by atoms with van der Waals surface area (Å²) >= 11 is 9.61. The Bertz CT molecular complexity index is 448. The van der Waals surface area contributed by atoms with E-state index in [4.69, 9.17) is 9.84 Å². The number of thiazole rings is 2. The van der Waals surface area contributed by atoms with Crippen LogP contribution in [0, 0.1) is 0 Å². The highest BCUT2D eigenvalue weighted by atomic mass is 79.9. The second-order valence-electron chi connectivity index (χ2n) is 2.74. The molecule has 0 radical (unpaired) electrons. The maximum Gasteiger partial charge on any atom is 0.0953 e. The number of aromatic nitrogens is 2. The van der Waals surface area contributed by atoms with Gasteiger partial charge in [-0.15, -0.1) is 22.7 Å². The minimum absolute atomic E-state index is 0.0179. The number of methoxy groups -OCH3 is 1. The predicted molar refractivity (Wildman–Crippen MR) is 76.3 cm³/mol. The summed E-state index contributed by atoms with van der Waals surface area (Å²) in [7, 11) is 1.66. The first-order chi connectivity index (χ1) is 8.19. The minimum Gasteiger partial charge on any atom is -0.390 e. The molecule has 0 aliphatic heterocycles. The van der Waals surface area contributed by atoms with Crippen LogP contribution in [0.4, 0.5) is 0 Å². The highest BCUT2D eigenvalue weighted by molar-refractivity contribution is 9.11. The first kappa shape index (κ1) is 15.2. The highest BCUT2D eigenvalue weighted by Crippen LogP contribution is 2.20. The molecule has 2 rings (SSSR count). The zero-order valence-electron chi connectivity index (χ0n) is 8.89. The van der Waals surface area contributed by atoms with E-state index in [1.54, 1.807) is 29.5 Å². The lowest BCUT2D eigenvalue weighted by Gasteiger charge is -1.91. The Labute approximate surface area is 124 Å². The van der Waals surface area contributed by atoms with Crippen LogP contribution < -0.4 is 0 Å². The Balaban J connectivity index is 0.000000171. The topological polar surface area (TPSA) is 55.2 Å². The number of rotatable bonds is 3. The average molecular weight is 402 g/mol. The summed E-state index contributed by atoms with van der Waals surface area (Å²) < 4.78 is 6.86. The Hall–Kier alpha value is 0.140. The zero-order chi connectivity index (χ0) is 12.7. The van der Waals surface area contributed by atoms with Gasteiger partial charge in [0.15, 0.2) is 0 Å². The van der Waals surface area contributed by atoms with Gasteiger partial charge in [-0.05, 0) is 31.9 Å². The number of aliphatic hydroxyl groups excluding tert-OH is 1. The Morgan fingerprint density at radius 1 is 1.18 bits per heavy atom. The normalized spacial score (nSPS) is 9.88. The number of halogens is 2. The van der Waals surface area contributed by atoms with Crippen molar-refractivity contribution in [3.05, 3.63) is 30.0 Å². The van der Waals surface area contributed by atoms with Crippen molar-refractivity contribution in [3.8, 4) is 0 Å². The van der Waals surface area contributed by atoms with E-state index in [1.165, 1.54) is 11.3 Å². The summed E-state index contributed by atoms with van der Waals surface area (Å²) in [5.41, 5.74) is 5.17. The zero-order valence-corrected chi connectivity index (χ0v) is 13.7. The fourth-order valence-electron chi connectivity index (χ4n) is 0.844. The molecule has 0 amide bonds. The number of hydrogen-bond donors (Lipinski definition) is 1. The molecule has 0 saturated heterocycles. The summed E-state index contributed by atoms with van der Waals surface area (Å²) in [6, 6.07) is 0. The second-order valence-corrected chi connectivity index (χ2v) is 7.08. The molecule has 0 spiro atoms. The van der Waals surface area contributed by atoms with Crippen molar-refractivity contribution in [1.29, 1.82) is 0 Å². The number of ether oxygens (including phenoxy) is 1. The third kappa shape index (κ3) is 5.11. The number of aliphatic hydroxyl groups is 1. The van der Waals surface area contributed by atoms with Crippen LogP contribution in [0.1, 0.15) is 11.4 Å². The van der Waals surface area contributed by atoms with Gasteiger partial charge >= 0.3 is 0 Å². The van der Waals surface area contributed by atoms with Crippen LogP contribution in [0.15, 0.2) is 18.6 Å². The SMILES string of the molecule is COCc1ncsc1Br.OCc1ncsc1Br. The van der Waals surface area contributed by atoms with Gasteiger partial charge in [-0.3, -0.25) is 0 Å². The smallest absolute Gasteiger partial charge is 0.0953 e. The van der Waals surface area contributed by atoms with E-state index in [2.05, 4.69) is 41.8 Å². The van der Waals surface area contributed by atoms with Crippen LogP contribution in [0.5, 0.6) is 0 Å². The summed E-state index contributed by atoms with van der Waals surface area (Å²) in [5.74, 6) is 0. The van der Waals surface area contributed by atoms with Gasteiger partial charge in [-0.1, -0.05) is 0 Å². The van der Waals surface area contributed by atoms with E-state index in [-0.39, 0.29) is 6.61 Å². The molecule has 2 heterocycles. The van der Waals surface area contributed by atoms with E-state index in [0.717, 1.165) is 19.0 Å². The summed E-state index contributed by atoms with van der Waals surface area (Å²) in [6.45, 7) is 0.605. The summed E-state index contributed by atoms with van der Waals surface area (Å²) in [6.07, 6.45) is 0. The molecule has 0 bridgehead atoms. The predicted octanol–water partition coefficient (Wildman–Crippen LogP) is 3.45. The lowest BCUT2D eigenvalue weighted by molar-refractivity contribution is 0.181. The fourth-order valence-corrected chi connectivity index (χ4v) is 2.84. The van der Waals surface area contributed by atoms with Crippen LogP contribution in [0.2, 0.25) is 0 Å². The lowest BCUT2D eigenvalue weighted by atomic mass is 10.5. The molecule has 17 heavy (non-hydrogen) atoms. The van der Waals surface area contributed by atoms with Crippen molar-refractivity contribution >= 4 is 54.5 Å². The molecule has 0 unspecified atom stereocenters. The molecule has 2 aromatic rings. The molecule has 0 aromatic carbocycles. The molecular weight excluding hydrogens is 392 g/mol. The minimum atomic E-state index is 0.0179. The van der Waals surface area contributed by atoms with Crippen molar-refractivity contribution in [2.24, 2.45) is 0 Å². The van der Waals surface area contributed by atoms with Gasteiger partial charge in [0, 0.05) is 7.11 Å². The molecule has 4 nitrogen and oxygen atoms in total. The Morgan fingerprint density at radius 3 is 2.00 bits per heavy atom. The first-order valence-electron chi connectivity index (χ1n) is 4.44. The standard InChI is InChI=1S/C5H6BrNOS.C4H4BrNOS/c1-8-2-4-5(6)9-3-7-4;5-4-3(1-7)6-2-8-4/h3H,2H2,1H3;2,7H,1H2. The molecule has 8 heteroatoms. The molecule has 0 saturated carbocycles. The van der Waals surface area contributed by atoms with E-state index >= 15 is 0 Å². The third-order valence-electron chi connectivity index (χ3n) is 1.61. The first-order valence-corrected chi connectivity index (χ1v) is 7.79. The summed E-state index contributed by atoms with van der Waals surface area (Å²) in [5, 5.41) is 8.52. The van der Waals surface area contributed by atoms with Crippen LogP contribution >= 0.6 is 54.5 Å². The fraction of sp³-hybridized carbons (Fsp3) is 0.333. The Kier molecular flexibility index (Phi) is 7.40. The molecule has 0 fully saturated rings. The second kappa shape index (κ2) is 8.28. The van der Waals surface area contributed by atoms with Crippen molar-refractivity contribution in [2.45, 2.75) is 13.2 Å². The monoisotopic (exact) mass is 400 g/mol. The van der Waals surface area contributed by atoms with Gasteiger partial charge in [0.2, 0.25) is 0 Å².